The molecule has 0 aliphatic heterocycles. The molecular weight excluding hydrogens is 347 g/mol. The third-order valence-corrected chi connectivity index (χ3v) is 3.45. The maximum atomic E-state index is 13.7. The highest BCUT2D eigenvalue weighted by atomic mass is 79.9. The van der Waals surface area contributed by atoms with Gasteiger partial charge in [-0.25, -0.2) is 4.39 Å². The molecule has 2 aromatic rings. The molecule has 20 heavy (non-hydrogen) atoms. The van der Waals surface area contributed by atoms with Crippen LogP contribution in [0.3, 0.4) is 0 Å². The summed E-state index contributed by atoms with van der Waals surface area (Å²) in [6.45, 7) is 1.48. The van der Waals surface area contributed by atoms with Crippen LogP contribution in [0.25, 0.3) is 0 Å². The van der Waals surface area contributed by atoms with Gasteiger partial charge in [-0.15, -0.1) is 0 Å². The summed E-state index contributed by atoms with van der Waals surface area (Å²) >= 11 is 9.00. The van der Waals surface area contributed by atoms with E-state index >= 15 is 0 Å². The van der Waals surface area contributed by atoms with E-state index in [4.69, 9.17) is 16.3 Å². The van der Waals surface area contributed by atoms with E-state index in [1.807, 2.05) is 0 Å². The zero-order chi connectivity index (χ0) is 14.7. The van der Waals surface area contributed by atoms with Gasteiger partial charge in [-0.2, -0.15) is 0 Å². The fraction of sp³-hybridized carbons (Fsp3) is 0.133. The van der Waals surface area contributed by atoms with E-state index < -0.39 is 5.82 Å². The topological polar surface area (TPSA) is 26.3 Å². The average molecular weight is 358 g/mol. The molecule has 0 spiro atoms. The van der Waals surface area contributed by atoms with Gasteiger partial charge >= 0.3 is 0 Å². The largest absolute Gasteiger partial charge is 0.488 e. The predicted octanol–water partition coefficient (Wildman–Crippen LogP) is 5.02. The van der Waals surface area contributed by atoms with Gasteiger partial charge in [0.25, 0.3) is 0 Å². The molecule has 2 rings (SSSR count). The Kier molecular flexibility index (Phi) is 4.78. The van der Waals surface area contributed by atoms with Crippen LogP contribution >= 0.6 is 27.5 Å². The Hall–Kier alpha value is -1.39. The van der Waals surface area contributed by atoms with E-state index in [0.717, 1.165) is 4.47 Å². The normalized spacial score (nSPS) is 10.4. The van der Waals surface area contributed by atoms with Crippen LogP contribution in [0.1, 0.15) is 22.8 Å². The number of rotatable bonds is 4. The minimum atomic E-state index is -0.433. The second kappa shape index (κ2) is 6.37. The number of carbonyl (C=O) groups excluding carboxylic acids is 1. The molecular formula is C15H11BrClFO2. The van der Waals surface area contributed by atoms with E-state index in [-0.39, 0.29) is 12.4 Å². The van der Waals surface area contributed by atoms with Crippen molar-refractivity contribution in [2.45, 2.75) is 13.5 Å². The third-order valence-electron chi connectivity index (χ3n) is 2.72. The summed E-state index contributed by atoms with van der Waals surface area (Å²) < 4.78 is 20.0. The molecule has 0 bridgehead atoms. The summed E-state index contributed by atoms with van der Waals surface area (Å²) in [5, 5.41) is 0.332. The lowest BCUT2D eigenvalue weighted by atomic mass is 10.1. The van der Waals surface area contributed by atoms with Crippen LogP contribution in [0.5, 0.6) is 5.75 Å². The maximum Gasteiger partial charge on any atom is 0.163 e. The van der Waals surface area contributed by atoms with Crippen LogP contribution in [0.2, 0.25) is 5.02 Å². The maximum absolute atomic E-state index is 13.7. The zero-order valence-corrected chi connectivity index (χ0v) is 13.0. The van der Waals surface area contributed by atoms with Gasteiger partial charge in [0, 0.05) is 15.1 Å². The lowest BCUT2D eigenvalue weighted by Gasteiger charge is -2.11. The number of Topliss-reactive ketones (excluding diaryl/α,β-unsaturated/α-hetero) is 1. The van der Waals surface area contributed by atoms with Gasteiger partial charge in [0.15, 0.2) is 5.78 Å². The van der Waals surface area contributed by atoms with Crippen LogP contribution in [0, 0.1) is 5.82 Å². The van der Waals surface area contributed by atoms with Crippen LogP contribution in [-0.4, -0.2) is 5.78 Å². The molecule has 0 radical (unpaired) electrons. The molecule has 0 heterocycles. The Labute approximate surface area is 129 Å². The quantitative estimate of drug-likeness (QED) is 0.718. The summed E-state index contributed by atoms with van der Waals surface area (Å²) in [6.07, 6.45) is 0. The van der Waals surface area contributed by atoms with Crippen LogP contribution in [-0.2, 0) is 6.61 Å². The van der Waals surface area contributed by atoms with Gasteiger partial charge in [-0.1, -0.05) is 33.6 Å². The first-order chi connectivity index (χ1) is 9.47. The number of carbonyl (C=O) groups is 1. The van der Waals surface area contributed by atoms with E-state index in [0.29, 0.717) is 21.9 Å². The molecule has 2 aromatic carbocycles. The van der Waals surface area contributed by atoms with Crippen LogP contribution in [0.4, 0.5) is 4.39 Å². The molecule has 2 nitrogen and oxygen atoms in total. The van der Waals surface area contributed by atoms with Gasteiger partial charge in [-0.3, -0.25) is 4.79 Å². The van der Waals surface area contributed by atoms with Gasteiger partial charge in [0.2, 0.25) is 0 Å². The molecule has 0 fully saturated rings. The summed E-state index contributed by atoms with van der Waals surface area (Å²) in [4.78, 5) is 11.5. The second-order valence-corrected chi connectivity index (χ2v) is 5.57. The highest BCUT2D eigenvalue weighted by molar-refractivity contribution is 9.10. The summed E-state index contributed by atoms with van der Waals surface area (Å²) in [6, 6.07) is 9.49. The van der Waals surface area contributed by atoms with Crippen molar-refractivity contribution in [3.63, 3.8) is 0 Å². The number of ketones is 1. The lowest BCUT2D eigenvalue weighted by molar-refractivity contribution is 0.101. The van der Waals surface area contributed by atoms with Gasteiger partial charge in [0.1, 0.15) is 18.2 Å². The first-order valence-corrected chi connectivity index (χ1v) is 7.01. The molecule has 0 aromatic heterocycles. The van der Waals surface area contributed by atoms with E-state index in [2.05, 4.69) is 15.9 Å². The van der Waals surface area contributed by atoms with Gasteiger partial charge in [-0.05, 0) is 37.3 Å². The zero-order valence-electron chi connectivity index (χ0n) is 10.6. The highest BCUT2D eigenvalue weighted by Crippen LogP contribution is 2.25. The molecule has 0 saturated heterocycles. The number of hydrogen-bond donors (Lipinski definition) is 0. The fourth-order valence-electron chi connectivity index (χ4n) is 1.70. The number of hydrogen-bond acceptors (Lipinski definition) is 2. The summed E-state index contributed by atoms with van der Waals surface area (Å²) in [5.41, 5.74) is 0.839. The average Bonchev–Trinajstić information content (AvgIpc) is 2.37. The van der Waals surface area contributed by atoms with Gasteiger partial charge in [0.05, 0.1) is 5.56 Å². The third kappa shape index (κ3) is 3.58. The Bertz CT molecular complexity index is 658. The molecule has 104 valence electrons. The van der Waals surface area contributed by atoms with Crippen molar-refractivity contribution in [2.24, 2.45) is 0 Å². The minimum Gasteiger partial charge on any atom is -0.488 e. The summed E-state index contributed by atoms with van der Waals surface area (Å²) in [7, 11) is 0. The van der Waals surface area contributed by atoms with Crippen molar-refractivity contribution in [1.82, 2.24) is 0 Å². The van der Waals surface area contributed by atoms with Crippen LogP contribution < -0.4 is 4.74 Å². The number of halogens is 3. The number of ether oxygens (including phenoxy) is 1. The first kappa shape index (κ1) is 15.0. The molecule has 0 aliphatic carbocycles. The lowest BCUT2D eigenvalue weighted by Crippen LogP contribution is -2.03. The molecule has 0 saturated carbocycles. The SMILES string of the molecule is CC(=O)c1ccc(Br)cc1OCc1ccc(Cl)cc1F. The Balaban J connectivity index is 2.22. The molecule has 0 atom stereocenters. The van der Waals surface area contributed by atoms with Crippen molar-refractivity contribution >= 4 is 33.3 Å². The standard InChI is InChI=1S/C15H11BrClFO2/c1-9(19)13-5-3-11(16)6-15(13)20-8-10-2-4-12(17)7-14(10)18/h2-7H,8H2,1H3. The smallest absolute Gasteiger partial charge is 0.163 e. The number of benzene rings is 2. The monoisotopic (exact) mass is 356 g/mol. The molecule has 0 N–H and O–H groups in total. The second-order valence-electron chi connectivity index (χ2n) is 4.22. The Morgan fingerprint density at radius 3 is 2.70 bits per heavy atom. The van der Waals surface area contributed by atoms with Crippen molar-refractivity contribution in [1.29, 1.82) is 0 Å². The fourth-order valence-corrected chi connectivity index (χ4v) is 2.20. The molecule has 5 heteroatoms. The van der Waals surface area contributed by atoms with Gasteiger partial charge < -0.3 is 4.74 Å². The Morgan fingerprint density at radius 2 is 2.05 bits per heavy atom. The van der Waals surface area contributed by atoms with Crippen molar-refractivity contribution < 1.29 is 13.9 Å². The molecule has 0 amide bonds. The summed E-state index contributed by atoms with van der Waals surface area (Å²) in [5.74, 6) is -0.123. The van der Waals surface area contributed by atoms with Crippen molar-refractivity contribution in [3.05, 3.63) is 62.8 Å². The van der Waals surface area contributed by atoms with E-state index in [1.54, 1.807) is 30.3 Å². The Morgan fingerprint density at radius 1 is 1.30 bits per heavy atom. The predicted molar refractivity (Wildman–Crippen MR) is 79.9 cm³/mol. The van der Waals surface area contributed by atoms with E-state index in [1.165, 1.54) is 13.0 Å². The molecule has 0 unspecified atom stereocenters. The first-order valence-electron chi connectivity index (χ1n) is 5.84. The van der Waals surface area contributed by atoms with Crippen LogP contribution in [0.15, 0.2) is 40.9 Å². The van der Waals surface area contributed by atoms with E-state index in [9.17, 15) is 9.18 Å². The van der Waals surface area contributed by atoms with Crippen molar-refractivity contribution in [3.8, 4) is 5.75 Å². The highest BCUT2D eigenvalue weighted by Gasteiger charge is 2.10. The molecule has 0 aliphatic rings. The van der Waals surface area contributed by atoms with Crippen molar-refractivity contribution in [2.75, 3.05) is 0 Å². The minimum absolute atomic E-state index is 0.0275.